The smallest absolute Gasteiger partial charge is 0.269 e. The van der Waals surface area contributed by atoms with Crippen LogP contribution >= 0.6 is 0 Å². The highest BCUT2D eigenvalue weighted by atomic mass is 16.6. The summed E-state index contributed by atoms with van der Waals surface area (Å²) in [6.45, 7) is 5.70. The fraction of sp³-hybridized carbons (Fsp3) is 0.300. The molecule has 0 bridgehead atoms. The third kappa shape index (κ3) is 4.26. The van der Waals surface area contributed by atoms with Crippen molar-refractivity contribution in [3.63, 3.8) is 0 Å². The van der Waals surface area contributed by atoms with E-state index in [1.54, 1.807) is 30.5 Å². The largest absolute Gasteiger partial charge is 0.368 e. The minimum atomic E-state index is -1.26. The normalized spacial score (nSPS) is 12.9. The van der Waals surface area contributed by atoms with Gasteiger partial charge >= 0.3 is 0 Å². The van der Waals surface area contributed by atoms with Gasteiger partial charge in [-0.2, -0.15) is 4.98 Å². The molecule has 1 atom stereocenters. The van der Waals surface area contributed by atoms with Crippen LogP contribution in [0.2, 0.25) is 0 Å². The van der Waals surface area contributed by atoms with Gasteiger partial charge in [0.05, 0.1) is 22.8 Å². The number of fused-ring (bicyclic) bond motifs is 1. The van der Waals surface area contributed by atoms with Gasteiger partial charge in [0, 0.05) is 18.3 Å². The minimum Gasteiger partial charge on any atom is -0.368 e. The zero-order valence-corrected chi connectivity index (χ0v) is 17.7. The van der Waals surface area contributed by atoms with Gasteiger partial charge in [0.2, 0.25) is 12.4 Å². The van der Waals surface area contributed by atoms with E-state index < -0.39 is 16.9 Å². The zero-order chi connectivity index (χ0) is 23.0. The number of nitrogens with two attached hydrogens (primary N) is 1. The van der Waals surface area contributed by atoms with Crippen molar-refractivity contribution in [1.82, 2.24) is 29.5 Å². The summed E-state index contributed by atoms with van der Waals surface area (Å²) in [5, 5.41) is 30.0. The number of hydrogen-bond donors (Lipinski definition) is 2. The van der Waals surface area contributed by atoms with Gasteiger partial charge < -0.3 is 15.6 Å². The number of aliphatic hydroxyl groups is 1. The number of nitrogen functional groups attached to an aromatic ring is 1. The predicted molar refractivity (Wildman–Crippen MR) is 115 cm³/mol. The Morgan fingerprint density at radius 2 is 2.03 bits per heavy atom. The van der Waals surface area contributed by atoms with Crippen LogP contribution in [0.3, 0.4) is 0 Å². The second-order valence-electron chi connectivity index (χ2n) is 8.13. The molecule has 12 heteroatoms. The maximum Gasteiger partial charge on any atom is 0.269 e. The maximum atomic E-state index is 11.1. The number of ether oxygens (including phenoxy) is 1. The second-order valence-corrected chi connectivity index (χ2v) is 8.13. The molecule has 4 aromatic rings. The topological polar surface area (TPSA) is 160 Å². The molecule has 3 N–H and O–H groups in total. The van der Waals surface area contributed by atoms with Crippen molar-refractivity contribution in [3.05, 3.63) is 58.3 Å². The Bertz CT molecular complexity index is 1290. The predicted octanol–water partition coefficient (Wildman–Crippen LogP) is 2.49. The summed E-state index contributed by atoms with van der Waals surface area (Å²) in [5.74, 6) is -0.00549. The van der Waals surface area contributed by atoms with E-state index in [2.05, 4.69) is 20.3 Å². The molecule has 0 saturated heterocycles. The Morgan fingerprint density at radius 1 is 1.25 bits per heavy atom. The van der Waals surface area contributed by atoms with Crippen molar-refractivity contribution in [2.75, 3.05) is 5.73 Å². The van der Waals surface area contributed by atoms with E-state index in [4.69, 9.17) is 10.5 Å². The lowest BCUT2D eigenvalue weighted by Gasteiger charge is -2.25. The molecule has 0 amide bonds. The number of aliphatic hydroxyl groups excluding tert-OH is 1. The SMILES string of the molecule is CC(C)(C)OC(O)n1cccc1-c1nc(N)nc2c1nnn2Cc1cccc([N+](=O)[O-])c1. The molecular weight excluding hydrogens is 416 g/mol. The molecule has 0 aliphatic heterocycles. The van der Waals surface area contributed by atoms with Crippen LogP contribution in [0.1, 0.15) is 32.7 Å². The summed E-state index contributed by atoms with van der Waals surface area (Å²) in [6.07, 6.45) is 0.398. The Morgan fingerprint density at radius 3 is 2.75 bits per heavy atom. The summed E-state index contributed by atoms with van der Waals surface area (Å²) in [5.41, 5.74) is 7.63. The average Bonchev–Trinajstić information content (AvgIpc) is 3.34. The summed E-state index contributed by atoms with van der Waals surface area (Å²) in [6, 6.07) is 9.71. The molecule has 0 spiro atoms. The van der Waals surface area contributed by atoms with Gasteiger partial charge in [0.1, 0.15) is 5.69 Å². The molecule has 0 saturated carbocycles. The number of nitrogens with zero attached hydrogens (tertiary/aromatic N) is 7. The van der Waals surface area contributed by atoms with E-state index in [0.717, 1.165) is 0 Å². The highest BCUT2D eigenvalue weighted by molar-refractivity contribution is 5.86. The highest BCUT2D eigenvalue weighted by Gasteiger charge is 2.23. The lowest BCUT2D eigenvalue weighted by molar-refractivity contribution is -0.384. The number of non-ortho nitro benzene ring substituents is 1. The van der Waals surface area contributed by atoms with E-state index in [9.17, 15) is 15.2 Å². The lowest BCUT2D eigenvalue weighted by atomic mass is 10.2. The molecule has 3 aromatic heterocycles. The van der Waals surface area contributed by atoms with Gasteiger partial charge in [0.15, 0.2) is 11.2 Å². The van der Waals surface area contributed by atoms with Crippen molar-refractivity contribution in [2.24, 2.45) is 0 Å². The molecule has 1 unspecified atom stereocenters. The molecule has 0 radical (unpaired) electrons. The monoisotopic (exact) mass is 438 g/mol. The fourth-order valence-electron chi connectivity index (χ4n) is 3.26. The van der Waals surface area contributed by atoms with Gasteiger partial charge in [-0.25, -0.2) is 9.67 Å². The average molecular weight is 438 g/mol. The molecule has 4 rings (SSSR count). The van der Waals surface area contributed by atoms with E-state index in [1.165, 1.54) is 21.4 Å². The third-order valence-electron chi connectivity index (χ3n) is 4.55. The summed E-state index contributed by atoms with van der Waals surface area (Å²) in [4.78, 5) is 19.2. The van der Waals surface area contributed by atoms with E-state index in [1.807, 2.05) is 20.8 Å². The molecule has 3 heterocycles. The van der Waals surface area contributed by atoms with Crippen LogP contribution in [0.15, 0.2) is 42.6 Å². The standard InChI is InChI=1S/C20H22N8O4/c1-20(2,3)32-19(29)26-9-5-8-14(26)15-16-17(23-18(21)22-15)27(25-24-16)11-12-6-4-7-13(10-12)28(30)31/h4-10,19,29H,11H2,1-3H3,(H2,21,22,23). The first-order chi connectivity index (χ1) is 15.1. The summed E-state index contributed by atoms with van der Waals surface area (Å²) < 4.78 is 8.65. The third-order valence-corrected chi connectivity index (χ3v) is 4.55. The van der Waals surface area contributed by atoms with Crippen LogP contribution in [0.5, 0.6) is 0 Å². The van der Waals surface area contributed by atoms with Gasteiger partial charge in [-0.1, -0.05) is 17.3 Å². The number of nitro groups is 1. The molecule has 32 heavy (non-hydrogen) atoms. The van der Waals surface area contributed by atoms with Crippen molar-refractivity contribution < 1.29 is 14.8 Å². The van der Waals surface area contributed by atoms with Crippen molar-refractivity contribution >= 4 is 22.8 Å². The van der Waals surface area contributed by atoms with Crippen LogP contribution in [-0.2, 0) is 11.3 Å². The molecule has 12 nitrogen and oxygen atoms in total. The van der Waals surface area contributed by atoms with Crippen LogP contribution in [0, 0.1) is 10.1 Å². The molecule has 0 aliphatic carbocycles. The Balaban J connectivity index is 1.75. The Kier molecular flexibility index (Phi) is 5.32. The van der Waals surface area contributed by atoms with Crippen LogP contribution in [0.4, 0.5) is 11.6 Å². The number of hydrogen-bond acceptors (Lipinski definition) is 9. The first-order valence-corrected chi connectivity index (χ1v) is 9.75. The number of benzene rings is 1. The Labute approximate surface area is 182 Å². The fourth-order valence-corrected chi connectivity index (χ4v) is 3.26. The number of nitro benzene ring substituents is 1. The summed E-state index contributed by atoms with van der Waals surface area (Å²) >= 11 is 0. The molecule has 0 fully saturated rings. The number of anilines is 1. The van der Waals surface area contributed by atoms with E-state index in [0.29, 0.717) is 28.1 Å². The summed E-state index contributed by atoms with van der Waals surface area (Å²) in [7, 11) is 0. The lowest BCUT2D eigenvalue weighted by Crippen LogP contribution is -2.26. The minimum absolute atomic E-state index is 0.00549. The highest BCUT2D eigenvalue weighted by Crippen LogP contribution is 2.29. The molecule has 1 aromatic carbocycles. The van der Waals surface area contributed by atoms with Crippen LogP contribution in [-0.4, -0.2) is 45.2 Å². The van der Waals surface area contributed by atoms with Crippen LogP contribution < -0.4 is 5.73 Å². The van der Waals surface area contributed by atoms with Gasteiger partial charge in [-0.05, 0) is 38.5 Å². The van der Waals surface area contributed by atoms with Crippen molar-refractivity contribution in [3.8, 4) is 11.4 Å². The second kappa shape index (κ2) is 7.98. The number of rotatable bonds is 6. The first-order valence-electron chi connectivity index (χ1n) is 9.75. The first kappa shape index (κ1) is 21.3. The molecular formula is C20H22N8O4. The van der Waals surface area contributed by atoms with E-state index in [-0.39, 0.29) is 18.2 Å². The molecule has 0 aliphatic rings. The zero-order valence-electron chi connectivity index (χ0n) is 17.7. The van der Waals surface area contributed by atoms with E-state index >= 15 is 0 Å². The van der Waals surface area contributed by atoms with Crippen LogP contribution in [0.25, 0.3) is 22.6 Å². The van der Waals surface area contributed by atoms with Gasteiger partial charge in [0.25, 0.3) is 5.69 Å². The molecule has 166 valence electrons. The van der Waals surface area contributed by atoms with Crippen molar-refractivity contribution in [1.29, 1.82) is 0 Å². The van der Waals surface area contributed by atoms with Crippen molar-refractivity contribution in [2.45, 2.75) is 39.3 Å². The number of aromatic nitrogens is 6. The van der Waals surface area contributed by atoms with Gasteiger partial charge in [-0.15, -0.1) is 5.10 Å². The van der Waals surface area contributed by atoms with Gasteiger partial charge in [-0.3, -0.25) is 14.7 Å². The maximum absolute atomic E-state index is 11.1. The Hall–Kier alpha value is -3.90. The quantitative estimate of drug-likeness (QED) is 0.262.